The first-order valence-corrected chi connectivity index (χ1v) is 8.85. The van der Waals surface area contributed by atoms with Gasteiger partial charge in [-0.15, -0.1) is 11.8 Å². The van der Waals surface area contributed by atoms with Crippen molar-refractivity contribution in [2.75, 3.05) is 5.75 Å². The van der Waals surface area contributed by atoms with Crippen LogP contribution in [-0.4, -0.2) is 28.5 Å². The zero-order valence-corrected chi connectivity index (χ0v) is 14.3. The topological polar surface area (TPSA) is 115 Å². The van der Waals surface area contributed by atoms with Crippen LogP contribution in [0, 0.1) is 16.0 Å². The van der Waals surface area contributed by atoms with Crippen molar-refractivity contribution in [1.82, 2.24) is 5.32 Å². The molecule has 0 bridgehead atoms. The van der Waals surface area contributed by atoms with E-state index in [0.29, 0.717) is 10.8 Å². The minimum Gasteiger partial charge on any atom is -0.366 e. The molecule has 7 nitrogen and oxygen atoms in total. The molecule has 0 heterocycles. The molecular weight excluding hydrogens is 330 g/mol. The van der Waals surface area contributed by atoms with Gasteiger partial charge in [-0.25, -0.2) is 0 Å². The van der Waals surface area contributed by atoms with Gasteiger partial charge in [0.05, 0.1) is 15.6 Å². The average molecular weight is 351 g/mol. The zero-order valence-electron chi connectivity index (χ0n) is 13.5. The second-order valence-electron chi connectivity index (χ2n) is 6.13. The normalized spacial score (nSPS) is 20.4. The molecule has 0 aliphatic heterocycles. The Labute approximate surface area is 144 Å². The number of carbonyl (C=O) groups is 2. The number of hydrogen-bond acceptors (Lipinski definition) is 5. The van der Waals surface area contributed by atoms with Crippen LogP contribution in [0.5, 0.6) is 0 Å². The van der Waals surface area contributed by atoms with Crippen molar-refractivity contribution in [3.05, 3.63) is 33.9 Å². The van der Waals surface area contributed by atoms with Crippen LogP contribution in [0.1, 0.15) is 43.0 Å². The summed E-state index contributed by atoms with van der Waals surface area (Å²) < 4.78 is 0. The molecular formula is C16H21N3O4S. The number of primary amides is 1. The molecule has 8 heteroatoms. The maximum absolute atomic E-state index is 12.1. The monoisotopic (exact) mass is 351 g/mol. The third-order valence-corrected chi connectivity index (χ3v) is 5.16. The lowest BCUT2D eigenvalue weighted by Crippen LogP contribution is -2.38. The molecule has 1 aliphatic carbocycles. The number of nitrogens with two attached hydrogens (primary N) is 1. The minimum absolute atomic E-state index is 0.0756. The molecule has 2 unspecified atom stereocenters. The van der Waals surface area contributed by atoms with Crippen molar-refractivity contribution in [1.29, 1.82) is 0 Å². The number of nitro groups is 1. The Bertz CT molecular complexity index is 650. The minimum atomic E-state index is -0.723. The quantitative estimate of drug-likeness (QED) is 0.464. The summed E-state index contributed by atoms with van der Waals surface area (Å²) in [6.07, 6.45) is 4.26. The van der Waals surface area contributed by atoms with Gasteiger partial charge in [0.15, 0.2) is 0 Å². The van der Waals surface area contributed by atoms with Gasteiger partial charge < -0.3 is 11.1 Å². The molecule has 2 rings (SSSR count). The van der Waals surface area contributed by atoms with E-state index < -0.39 is 10.8 Å². The molecule has 0 radical (unpaired) electrons. The molecule has 1 fully saturated rings. The Morgan fingerprint density at radius 2 is 2.17 bits per heavy atom. The molecule has 0 aromatic heterocycles. The third kappa shape index (κ3) is 4.95. The lowest BCUT2D eigenvalue weighted by Gasteiger charge is -2.27. The molecule has 2 atom stereocenters. The number of nitrogens with one attached hydrogen (secondary N) is 1. The molecule has 0 spiro atoms. The predicted octanol–water partition coefficient (Wildman–Crippen LogP) is 2.48. The number of rotatable bonds is 6. The highest BCUT2D eigenvalue weighted by Gasteiger charge is 2.22. The van der Waals surface area contributed by atoms with E-state index in [2.05, 4.69) is 12.2 Å². The fourth-order valence-electron chi connectivity index (χ4n) is 2.91. The fourth-order valence-corrected chi connectivity index (χ4v) is 3.73. The van der Waals surface area contributed by atoms with E-state index in [1.807, 2.05) is 0 Å². The van der Waals surface area contributed by atoms with Crippen LogP contribution >= 0.6 is 11.8 Å². The van der Waals surface area contributed by atoms with Gasteiger partial charge in [0, 0.05) is 17.7 Å². The molecule has 24 heavy (non-hydrogen) atoms. The van der Waals surface area contributed by atoms with Gasteiger partial charge in [0.2, 0.25) is 11.8 Å². The van der Waals surface area contributed by atoms with Crippen molar-refractivity contribution in [2.24, 2.45) is 11.7 Å². The number of nitro benzene ring substituents is 1. The Hall–Kier alpha value is -2.09. The molecule has 1 saturated carbocycles. The molecule has 2 amide bonds. The van der Waals surface area contributed by atoms with Crippen LogP contribution in [0.15, 0.2) is 23.1 Å². The first kappa shape index (κ1) is 18.3. The number of benzene rings is 1. The highest BCUT2D eigenvalue weighted by molar-refractivity contribution is 8.00. The number of nitrogens with zero attached hydrogens (tertiary/aromatic N) is 1. The summed E-state index contributed by atoms with van der Waals surface area (Å²) >= 11 is 1.09. The summed E-state index contributed by atoms with van der Waals surface area (Å²) in [5, 5.41) is 14.1. The van der Waals surface area contributed by atoms with Crippen molar-refractivity contribution in [3.8, 4) is 0 Å². The van der Waals surface area contributed by atoms with Gasteiger partial charge in [0.25, 0.3) is 5.69 Å². The van der Waals surface area contributed by atoms with Crippen LogP contribution in [0.4, 0.5) is 5.69 Å². The van der Waals surface area contributed by atoms with E-state index in [1.54, 1.807) is 0 Å². The Morgan fingerprint density at radius 3 is 2.79 bits per heavy atom. The highest BCUT2D eigenvalue weighted by atomic mass is 32.2. The number of hydrogen-bond donors (Lipinski definition) is 2. The molecule has 1 aliphatic rings. The van der Waals surface area contributed by atoms with E-state index in [9.17, 15) is 19.7 Å². The van der Waals surface area contributed by atoms with E-state index >= 15 is 0 Å². The second-order valence-corrected chi connectivity index (χ2v) is 7.15. The fraction of sp³-hybridized carbons (Fsp3) is 0.500. The van der Waals surface area contributed by atoms with E-state index in [-0.39, 0.29) is 29.0 Å². The first-order valence-electron chi connectivity index (χ1n) is 7.87. The summed E-state index contributed by atoms with van der Waals surface area (Å²) in [4.78, 5) is 34.1. The van der Waals surface area contributed by atoms with Crippen molar-refractivity contribution >= 4 is 29.3 Å². The van der Waals surface area contributed by atoms with Crippen LogP contribution in [0.3, 0.4) is 0 Å². The van der Waals surface area contributed by atoms with Gasteiger partial charge in [-0.2, -0.15) is 0 Å². The predicted molar refractivity (Wildman–Crippen MR) is 91.9 cm³/mol. The van der Waals surface area contributed by atoms with Gasteiger partial charge in [-0.1, -0.05) is 19.8 Å². The van der Waals surface area contributed by atoms with Crippen LogP contribution in [0.25, 0.3) is 0 Å². The number of amides is 2. The van der Waals surface area contributed by atoms with Crippen LogP contribution in [0.2, 0.25) is 0 Å². The summed E-state index contributed by atoms with van der Waals surface area (Å²) in [7, 11) is 0. The molecule has 1 aromatic rings. The van der Waals surface area contributed by atoms with Gasteiger partial charge in [-0.3, -0.25) is 19.7 Å². The first-order chi connectivity index (χ1) is 11.4. The Morgan fingerprint density at radius 1 is 1.42 bits per heavy atom. The van der Waals surface area contributed by atoms with E-state index in [1.165, 1.54) is 18.6 Å². The van der Waals surface area contributed by atoms with Crippen LogP contribution < -0.4 is 11.1 Å². The molecule has 130 valence electrons. The summed E-state index contributed by atoms with van der Waals surface area (Å²) in [5.41, 5.74) is 5.00. The lowest BCUT2D eigenvalue weighted by molar-refractivity contribution is -0.387. The highest BCUT2D eigenvalue weighted by Crippen LogP contribution is 2.30. The summed E-state index contributed by atoms with van der Waals surface area (Å²) in [6.45, 7) is 2.18. The number of carbonyl (C=O) groups excluding carboxylic acids is 2. The van der Waals surface area contributed by atoms with Gasteiger partial charge in [-0.05, 0) is 30.9 Å². The van der Waals surface area contributed by atoms with Gasteiger partial charge in [0.1, 0.15) is 0 Å². The van der Waals surface area contributed by atoms with Gasteiger partial charge >= 0.3 is 0 Å². The maximum atomic E-state index is 12.1. The van der Waals surface area contributed by atoms with Crippen LogP contribution in [-0.2, 0) is 4.79 Å². The summed E-state index contributed by atoms with van der Waals surface area (Å²) in [6, 6.07) is 4.22. The van der Waals surface area contributed by atoms with Crippen molar-refractivity contribution in [3.63, 3.8) is 0 Å². The molecule has 3 N–H and O–H groups in total. The Balaban J connectivity index is 1.96. The lowest BCUT2D eigenvalue weighted by atomic mass is 9.87. The number of thioether (sulfide) groups is 1. The average Bonchev–Trinajstić information content (AvgIpc) is 2.52. The van der Waals surface area contributed by atoms with Crippen molar-refractivity contribution < 1.29 is 14.5 Å². The maximum Gasteiger partial charge on any atom is 0.283 e. The summed E-state index contributed by atoms with van der Waals surface area (Å²) in [5.74, 6) is -0.146. The molecule has 1 aromatic carbocycles. The van der Waals surface area contributed by atoms with Crippen molar-refractivity contribution in [2.45, 2.75) is 43.5 Å². The second kappa shape index (κ2) is 8.14. The third-order valence-electron chi connectivity index (χ3n) is 4.10. The SMILES string of the molecule is CC1CCCC(NC(=O)CSc2ccc(C(N)=O)cc2[N+](=O)[O-])C1. The smallest absolute Gasteiger partial charge is 0.283 e. The Kier molecular flexibility index (Phi) is 6.19. The zero-order chi connectivity index (χ0) is 17.7. The standard InChI is InChI=1S/C16H21N3O4S/c1-10-3-2-4-12(7-10)18-15(20)9-24-14-6-5-11(16(17)21)8-13(14)19(22)23/h5-6,8,10,12H,2-4,7,9H2,1H3,(H2,17,21)(H,18,20). The largest absolute Gasteiger partial charge is 0.366 e. The van der Waals surface area contributed by atoms with E-state index in [0.717, 1.165) is 37.1 Å². The molecule has 0 saturated heterocycles. The van der Waals surface area contributed by atoms with E-state index in [4.69, 9.17) is 5.73 Å².